The first-order valence-electron chi connectivity index (χ1n) is 5.24. The van der Waals surface area contributed by atoms with Crippen LogP contribution in [0.4, 0.5) is 0 Å². The van der Waals surface area contributed by atoms with Gasteiger partial charge in [-0.3, -0.25) is 0 Å². The third-order valence-electron chi connectivity index (χ3n) is 3.11. The van der Waals surface area contributed by atoms with E-state index in [0.29, 0.717) is 17.5 Å². The summed E-state index contributed by atoms with van der Waals surface area (Å²) in [4.78, 5) is 8.27. The van der Waals surface area contributed by atoms with Gasteiger partial charge in [0.1, 0.15) is 11.8 Å². The zero-order valence-corrected chi connectivity index (χ0v) is 9.73. The molecule has 88 valence electrons. The maximum Gasteiger partial charge on any atom is 0.241 e. The molecule has 1 aromatic heterocycles. The summed E-state index contributed by atoms with van der Waals surface area (Å²) in [7, 11) is 3.02. The molecule has 1 N–H and O–H groups in total. The van der Waals surface area contributed by atoms with Crippen molar-refractivity contribution in [2.24, 2.45) is 5.41 Å². The van der Waals surface area contributed by atoms with Crippen molar-refractivity contribution in [3.63, 3.8) is 0 Å². The van der Waals surface area contributed by atoms with Crippen LogP contribution in [0.3, 0.4) is 0 Å². The fraction of sp³-hybridized carbons (Fsp3) is 0.636. The maximum atomic E-state index is 10.2. The first kappa shape index (κ1) is 11.1. The summed E-state index contributed by atoms with van der Waals surface area (Å²) in [6.45, 7) is 2.03. The van der Waals surface area contributed by atoms with E-state index in [9.17, 15) is 5.11 Å². The van der Waals surface area contributed by atoms with E-state index in [1.165, 1.54) is 20.4 Å². The van der Waals surface area contributed by atoms with Gasteiger partial charge in [-0.1, -0.05) is 6.92 Å². The van der Waals surface area contributed by atoms with E-state index in [0.717, 1.165) is 12.8 Å². The SMILES string of the molecule is COc1cnc(C(O)C2(C)CC2)c(OC)n1. The molecular weight excluding hydrogens is 208 g/mol. The first-order chi connectivity index (χ1) is 7.60. The van der Waals surface area contributed by atoms with Gasteiger partial charge in [-0.2, -0.15) is 4.98 Å². The smallest absolute Gasteiger partial charge is 0.241 e. The molecule has 0 aliphatic heterocycles. The molecule has 0 spiro atoms. The lowest BCUT2D eigenvalue weighted by atomic mass is 9.99. The average Bonchev–Trinajstić information content (AvgIpc) is 3.06. The summed E-state index contributed by atoms with van der Waals surface area (Å²) in [5.74, 6) is 0.716. The first-order valence-corrected chi connectivity index (χ1v) is 5.24. The lowest BCUT2D eigenvalue weighted by Crippen LogP contribution is -2.13. The lowest BCUT2D eigenvalue weighted by Gasteiger charge is -2.18. The molecule has 1 fully saturated rings. The van der Waals surface area contributed by atoms with E-state index in [1.807, 2.05) is 6.92 Å². The van der Waals surface area contributed by atoms with Crippen molar-refractivity contribution < 1.29 is 14.6 Å². The Balaban J connectivity index is 2.32. The second kappa shape index (κ2) is 3.90. The molecule has 5 nitrogen and oxygen atoms in total. The van der Waals surface area contributed by atoms with Gasteiger partial charge in [-0.25, -0.2) is 4.98 Å². The molecule has 5 heteroatoms. The van der Waals surface area contributed by atoms with Crippen LogP contribution in [-0.4, -0.2) is 29.3 Å². The van der Waals surface area contributed by atoms with Gasteiger partial charge < -0.3 is 14.6 Å². The number of hydrogen-bond donors (Lipinski definition) is 1. The third kappa shape index (κ3) is 1.82. The van der Waals surface area contributed by atoms with Crippen LogP contribution in [0.1, 0.15) is 31.6 Å². The van der Waals surface area contributed by atoms with E-state index >= 15 is 0 Å². The van der Waals surface area contributed by atoms with Gasteiger partial charge in [0, 0.05) is 0 Å². The zero-order chi connectivity index (χ0) is 11.8. The summed E-state index contributed by atoms with van der Waals surface area (Å²) < 4.78 is 10.1. The highest BCUT2D eigenvalue weighted by Crippen LogP contribution is 2.55. The largest absolute Gasteiger partial charge is 0.480 e. The maximum absolute atomic E-state index is 10.2. The fourth-order valence-corrected chi connectivity index (χ4v) is 1.60. The average molecular weight is 224 g/mol. The Morgan fingerprint density at radius 3 is 2.56 bits per heavy atom. The van der Waals surface area contributed by atoms with Crippen LogP contribution in [0.15, 0.2) is 6.20 Å². The van der Waals surface area contributed by atoms with Crippen molar-refractivity contribution in [2.45, 2.75) is 25.9 Å². The van der Waals surface area contributed by atoms with Crippen LogP contribution < -0.4 is 9.47 Å². The van der Waals surface area contributed by atoms with E-state index in [-0.39, 0.29) is 5.41 Å². The minimum absolute atomic E-state index is 0.0729. The van der Waals surface area contributed by atoms with Gasteiger partial charge >= 0.3 is 0 Å². The molecule has 0 radical (unpaired) electrons. The minimum Gasteiger partial charge on any atom is -0.480 e. The number of hydrogen-bond acceptors (Lipinski definition) is 5. The summed E-state index contributed by atoms with van der Waals surface area (Å²) in [6, 6.07) is 0. The molecule has 1 atom stereocenters. The third-order valence-corrected chi connectivity index (χ3v) is 3.11. The fourth-order valence-electron chi connectivity index (χ4n) is 1.60. The molecule has 0 bridgehead atoms. The van der Waals surface area contributed by atoms with Gasteiger partial charge in [0.05, 0.1) is 20.4 Å². The van der Waals surface area contributed by atoms with Crippen LogP contribution in [0.5, 0.6) is 11.8 Å². The van der Waals surface area contributed by atoms with Crippen molar-refractivity contribution in [3.05, 3.63) is 11.9 Å². The number of ether oxygens (including phenoxy) is 2. The number of nitrogens with zero attached hydrogens (tertiary/aromatic N) is 2. The van der Waals surface area contributed by atoms with Gasteiger partial charge in [-0.15, -0.1) is 0 Å². The Labute approximate surface area is 94.4 Å². The summed E-state index contributed by atoms with van der Waals surface area (Å²) in [5.41, 5.74) is 0.416. The Kier molecular flexibility index (Phi) is 2.71. The topological polar surface area (TPSA) is 64.5 Å². The minimum atomic E-state index is -0.624. The standard InChI is InChI=1S/C11H16N2O3/c1-11(4-5-11)9(14)8-10(16-3)13-7(15-2)6-12-8/h6,9,14H,4-5H2,1-3H3. The van der Waals surface area contributed by atoms with Crippen molar-refractivity contribution in [1.82, 2.24) is 9.97 Å². The molecule has 1 aromatic rings. The summed E-state index contributed by atoms with van der Waals surface area (Å²) in [5, 5.41) is 10.2. The molecule has 16 heavy (non-hydrogen) atoms. The highest BCUT2D eigenvalue weighted by Gasteiger charge is 2.46. The molecule has 1 aliphatic rings. The van der Waals surface area contributed by atoms with Gasteiger partial charge in [0.25, 0.3) is 0 Å². The number of aromatic nitrogens is 2. The zero-order valence-electron chi connectivity index (χ0n) is 9.73. The summed E-state index contributed by atoms with van der Waals surface area (Å²) in [6.07, 6.45) is 2.88. The van der Waals surface area contributed by atoms with Crippen molar-refractivity contribution in [2.75, 3.05) is 14.2 Å². The predicted octanol–water partition coefficient (Wildman–Crippen LogP) is 1.33. The predicted molar refractivity (Wildman–Crippen MR) is 57.4 cm³/mol. The molecule has 1 unspecified atom stereocenters. The van der Waals surface area contributed by atoms with E-state index in [2.05, 4.69) is 9.97 Å². The van der Waals surface area contributed by atoms with Crippen LogP contribution in [0.25, 0.3) is 0 Å². The lowest BCUT2D eigenvalue weighted by molar-refractivity contribution is 0.0951. The van der Waals surface area contributed by atoms with Crippen LogP contribution >= 0.6 is 0 Å². The normalized spacial score (nSPS) is 19.0. The van der Waals surface area contributed by atoms with Crippen LogP contribution in [0, 0.1) is 5.41 Å². The van der Waals surface area contributed by atoms with Gasteiger partial charge in [0.15, 0.2) is 0 Å². The number of aliphatic hydroxyl groups excluding tert-OH is 1. The highest BCUT2D eigenvalue weighted by atomic mass is 16.5. The van der Waals surface area contributed by atoms with E-state index in [4.69, 9.17) is 9.47 Å². The molecule has 2 rings (SSSR count). The number of rotatable bonds is 4. The quantitative estimate of drug-likeness (QED) is 0.835. The van der Waals surface area contributed by atoms with Gasteiger partial charge in [0.2, 0.25) is 11.8 Å². The Morgan fingerprint density at radius 2 is 2.06 bits per heavy atom. The number of methoxy groups -OCH3 is 2. The monoisotopic (exact) mass is 224 g/mol. The molecule has 1 saturated carbocycles. The van der Waals surface area contributed by atoms with Crippen molar-refractivity contribution in [1.29, 1.82) is 0 Å². The molecule has 0 amide bonds. The summed E-state index contributed by atoms with van der Waals surface area (Å²) >= 11 is 0. The number of aliphatic hydroxyl groups is 1. The van der Waals surface area contributed by atoms with E-state index in [1.54, 1.807) is 0 Å². The molecule has 1 aliphatic carbocycles. The molecule has 0 aromatic carbocycles. The molecule has 1 heterocycles. The Morgan fingerprint density at radius 1 is 1.38 bits per heavy atom. The Bertz CT molecular complexity index is 391. The van der Waals surface area contributed by atoms with Crippen molar-refractivity contribution in [3.8, 4) is 11.8 Å². The molecular formula is C11H16N2O3. The van der Waals surface area contributed by atoms with Gasteiger partial charge in [-0.05, 0) is 18.3 Å². The highest BCUT2D eigenvalue weighted by molar-refractivity contribution is 5.27. The van der Waals surface area contributed by atoms with Crippen LogP contribution in [-0.2, 0) is 0 Å². The van der Waals surface area contributed by atoms with Crippen molar-refractivity contribution >= 4 is 0 Å². The molecule has 0 saturated heterocycles. The second-order valence-electron chi connectivity index (χ2n) is 4.36. The second-order valence-corrected chi connectivity index (χ2v) is 4.36. The Hall–Kier alpha value is -1.36. The van der Waals surface area contributed by atoms with E-state index < -0.39 is 6.10 Å². The van der Waals surface area contributed by atoms with Crippen LogP contribution in [0.2, 0.25) is 0 Å².